The van der Waals surface area contributed by atoms with E-state index in [-0.39, 0.29) is 11.6 Å². The van der Waals surface area contributed by atoms with Gasteiger partial charge in [0.2, 0.25) is 0 Å². The van der Waals surface area contributed by atoms with E-state index in [0.29, 0.717) is 0 Å². The summed E-state index contributed by atoms with van der Waals surface area (Å²) in [5.74, 6) is 0.266. The number of hydrogen-bond acceptors (Lipinski definition) is 4. The van der Waals surface area contributed by atoms with Gasteiger partial charge in [0, 0.05) is 11.1 Å². The number of Topliss-reactive ketones (excluding diaryl/α,β-unsaturated/α-hetero) is 2. The fourth-order valence-corrected chi connectivity index (χ4v) is 5.10. The van der Waals surface area contributed by atoms with Crippen molar-refractivity contribution in [1.29, 1.82) is 0 Å². The Balaban J connectivity index is 1.60. The molecule has 2 aromatic carbocycles. The van der Waals surface area contributed by atoms with Crippen molar-refractivity contribution in [3.63, 3.8) is 0 Å². The molecule has 4 nitrogen and oxygen atoms in total. The van der Waals surface area contributed by atoms with Crippen LogP contribution in [-0.4, -0.2) is 22.6 Å². The second kappa shape index (κ2) is 9.23. The molecule has 0 unspecified atom stereocenters. The third kappa shape index (κ3) is 4.26. The fraction of sp³-hybridized carbons (Fsp3) is 0.462. The van der Waals surface area contributed by atoms with Crippen LogP contribution in [0.25, 0.3) is 0 Å². The maximum Gasteiger partial charge on any atom is 0.184 e. The van der Waals surface area contributed by atoms with Gasteiger partial charge in [-0.25, -0.2) is 10.9 Å². The first-order chi connectivity index (χ1) is 14.7. The minimum absolute atomic E-state index is 0.133. The molecule has 0 bridgehead atoms. The molecule has 0 aliphatic heterocycles. The number of hydrogen-bond donors (Lipinski definition) is 2. The molecule has 2 saturated carbocycles. The Morgan fingerprint density at radius 2 is 0.867 bits per heavy atom. The molecular formula is C26H32N2O2. The maximum absolute atomic E-state index is 13.6. The first kappa shape index (κ1) is 21.0. The van der Waals surface area contributed by atoms with Crippen LogP contribution in [0.2, 0.25) is 0 Å². The summed E-state index contributed by atoms with van der Waals surface area (Å²) >= 11 is 0. The van der Waals surface area contributed by atoms with E-state index in [1.807, 2.05) is 60.7 Å². The first-order valence-electron chi connectivity index (χ1n) is 11.4. The highest BCUT2D eigenvalue weighted by Crippen LogP contribution is 2.34. The van der Waals surface area contributed by atoms with Crippen molar-refractivity contribution in [3.05, 3.63) is 71.8 Å². The molecule has 2 aromatic rings. The highest BCUT2D eigenvalue weighted by molar-refractivity contribution is 6.04. The molecule has 4 heteroatoms. The molecule has 158 valence electrons. The van der Waals surface area contributed by atoms with E-state index >= 15 is 0 Å². The van der Waals surface area contributed by atoms with E-state index in [1.54, 1.807) is 0 Å². The standard InChI is InChI=1S/C26H32N2O2/c29-23(21-13-5-1-6-14-21)25(17-9-3-10-18-25)27-28-26(19-11-4-12-20-26)24(30)22-15-7-2-8-16-22/h1-2,5-8,13-16,27-28H,3-4,9-12,17-20H2. The molecule has 2 aliphatic carbocycles. The van der Waals surface area contributed by atoms with Crippen LogP contribution in [-0.2, 0) is 0 Å². The molecule has 0 spiro atoms. The van der Waals surface area contributed by atoms with Crippen molar-refractivity contribution in [1.82, 2.24) is 10.9 Å². The first-order valence-corrected chi connectivity index (χ1v) is 11.4. The van der Waals surface area contributed by atoms with Crippen molar-refractivity contribution >= 4 is 11.6 Å². The van der Waals surface area contributed by atoms with Crippen molar-refractivity contribution in [2.24, 2.45) is 0 Å². The Morgan fingerprint density at radius 1 is 0.533 bits per heavy atom. The van der Waals surface area contributed by atoms with Crippen LogP contribution >= 0.6 is 0 Å². The van der Waals surface area contributed by atoms with E-state index in [9.17, 15) is 9.59 Å². The molecule has 0 saturated heterocycles. The number of benzene rings is 2. The number of carbonyl (C=O) groups is 2. The van der Waals surface area contributed by atoms with E-state index in [1.165, 1.54) is 0 Å². The Kier molecular flexibility index (Phi) is 6.45. The average molecular weight is 405 g/mol. The zero-order valence-electron chi connectivity index (χ0n) is 17.7. The molecule has 2 aliphatic rings. The van der Waals surface area contributed by atoms with Crippen LogP contribution in [0.1, 0.15) is 84.9 Å². The Bertz CT molecular complexity index is 778. The lowest BCUT2D eigenvalue weighted by atomic mass is 9.75. The van der Waals surface area contributed by atoms with Crippen molar-refractivity contribution in [2.75, 3.05) is 0 Å². The predicted octanol–water partition coefficient (Wildman–Crippen LogP) is 5.25. The van der Waals surface area contributed by atoms with Crippen LogP contribution in [0.4, 0.5) is 0 Å². The van der Waals surface area contributed by atoms with Crippen LogP contribution in [0.3, 0.4) is 0 Å². The third-order valence-corrected chi connectivity index (χ3v) is 6.90. The molecule has 2 N–H and O–H groups in total. The molecular weight excluding hydrogens is 372 g/mol. The second-order valence-electron chi connectivity index (χ2n) is 8.93. The highest BCUT2D eigenvalue weighted by atomic mass is 16.1. The van der Waals surface area contributed by atoms with Gasteiger partial charge in [-0.3, -0.25) is 9.59 Å². The third-order valence-electron chi connectivity index (χ3n) is 6.90. The van der Waals surface area contributed by atoms with E-state index in [0.717, 1.165) is 75.3 Å². The van der Waals surface area contributed by atoms with Crippen LogP contribution < -0.4 is 10.9 Å². The van der Waals surface area contributed by atoms with E-state index < -0.39 is 11.1 Å². The smallest absolute Gasteiger partial charge is 0.184 e. The van der Waals surface area contributed by atoms with Gasteiger partial charge in [0.25, 0.3) is 0 Å². The predicted molar refractivity (Wildman–Crippen MR) is 119 cm³/mol. The maximum atomic E-state index is 13.6. The van der Waals surface area contributed by atoms with Crippen LogP contribution in [0, 0.1) is 0 Å². The van der Waals surface area contributed by atoms with Gasteiger partial charge in [0.1, 0.15) is 0 Å². The summed E-state index contributed by atoms with van der Waals surface area (Å²) in [5.41, 5.74) is 7.12. The molecule has 0 radical (unpaired) electrons. The molecule has 2 fully saturated rings. The fourth-order valence-electron chi connectivity index (χ4n) is 5.10. The Morgan fingerprint density at radius 3 is 1.20 bits per heavy atom. The highest BCUT2D eigenvalue weighted by Gasteiger charge is 2.45. The van der Waals surface area contributed by atoms with E-state index in [2.05, 4.69) is 10.9 Å². The Hall–Kier alpha value is -2.30. The average Bonchev–Trinajstić information content (AvgIpc) is 2.84. The van der Waals surface area contributed by atoms with Gasteiger partial charge >= 0.3 is 0 Å². The van der Waals surface area contributed by atoms with Gasteiger partial charge < -0.3 is 0 Å². The summed E-state index contributed by atoms with van der Waals surface area (Å²) in [5, 5.41) is 0. The molecule has 30 heavy (non-hydrogen) atoms. The Labute approximate surface area is 179 Å². The summed E-state index contributed by atoms with van der Waals surface area (Å²) in [6.45, 7) is 0. The van der Waals surface area contributed by atoms with Crippen LogP contribution in [0.5, 0.6) is 0 Å². The number of ketones is 2. The molecule has 0 aromatic heterocycles. The van der Waals surface area contributed by atoms with Crippen LogP contribution in [0.15, 0.2) is 60.7 Å². The number of rotatable bonds is 7. The summed E-state index contributed by atoms with van der Waals surface area (Å²) in [6, 6.07) is 19.1. The summed E-state index contributed by atoms with van der Waals surface area (Å²) in [4.78, 5) is 27.1. The van der Waals surface area contributed by atoms with Crippen molar-refractivity contribution in [2.45, 2.75) is 75.3 Å². The summed E-state index contributed by atoms with van der Waals surface area (Å²) in [7, 11) is 0. The SMILES string of the molecule is O=C(c1ccccc1)C1(NNC2(C(=O)c3ccccc3)CCCCC2)CCCCC1. The minimum Gasteiger partial charge on any atom is -0.292 e. The van der Waals surface area contributed by atoms with Gasteiger partial charge in [-0.05, 0) is 25.7 Å². The van der Waals surface area contributed by atoms with Gasteiger partial charge in [-0.1, -0.05) is 99.2 Å². The second-order valence-corrected chi connectivity index (χ2v) is 8.93. The number of carbonyl (C=O) groups excluding carboxylic acids is 2. The minimum atomic E-state index is -0.652. The van der Waals surface area contributed by atoms with Crippen molar-refractivity contribution in [3.8, 4) is 0 Å². The lowest BCUT2D eigenvalue weighted by Gasteiger charge is -2.43. The lowest BCUT2D eigenvalue weighted by Crippen LogP contribution is -2.67. The van der Waals surface area contributed by atoms with Gasteiger partial charge in [0.05, 0.1) is 11.1 Å². The molecule has 0 heterocycles. The molecule has 4 rings (SSSR count). The lowest BCUT2D eigenvalue weighted by molar-refractivity contribution is 0.0616. The molecule has 0 amide bonds. The molecule has 0 atom stereocenters. The zero-order valence-corrected chi connectivity index (χ0v) is 17.7. The van der Waals surface area contributed by atoms with Gasteiger partial charge in [-0.15, -0.1) is 0 Å². The summed E-state index contributed by atoms with van der Waals surface area (Å²) in [6.07, 6.45) is 9.57. The topological polar surface area (TPSA) is 58.2 Å². The largest absolute Gasteiger partial charge is 0.292 e. The number of hydrazine groups is 1. The van der Waals surface area contributed by atoms with Gasteiger partial charge in [0.15, 0.2) is 11.6 Å². The quantitative estimate of drug-likeness (QED) is 0.489. The zero-order chi connectivity index (χ0) is 20.9. The number of nitrogens with one attached hydrogen (secondary N) is 2. The van der Waals surface area contributed by atoms with E-state index in [4.69, 9.17) is 0 Å². The van der Waals surface area contributed by atoms with Gasteiger partial charge in [-0.2, -0.15) is 0 Å². The normalized spacial score (nSPS) is 20.4. The monoisotopic (exact) mass is 404 g/mol. The van der Waals surface area contributed by atoms with Crippen molar-refractivity contribution < 1.29 is 9.59 Å². The summed E-state index contributed by atoms with van der Waals surface area (Å²) < 4.78 is 0.